The van der Waals surface area contributed by atoms with Gasteiger partial charge in [-0.05, 0) is 32.0 Å². The Kier molecular flexibility index (Phi) is 5.15. The van der Waals surface area contributed by atoms with Crippen LogP contribution in [0.2, 0.25) is 10.0 Å². The van der Waals surface area contributed by atoms with Crippen molar-refractivity contribution in [3.05, 3.63) is 51.4 Å². The fourth-order valence-electron chi connectivity index (χ4n) is 1.83. The molecule has 2 rings (SSSR count). The van der Waals surface area contributed by atoms with E-state index >= 15 is 0 Å². The van der Waals surface area contributed by atoms with E-state index in [4.69, 9.17) is 32.4 Å². The second kappa shape index (κ2) is 6.87. The van der Waals surface area contributed by atoms with Gasteiger partial charge in [-0.2, -0.15) is 0 Å². The SMILES string of the molecule is Cc1cc(CNC(=O)COc2cc(Cl)ccc2Cl)c(C)o1. The molecule has 4 nitrogen and oxygen atoms in total. The van der Waals surface area contributed by atoms with Gasteiger partial charge in [-0.25, -0.2) is 0 Å². The van der Waals surface area contributed by atoms with Gasteiger partial charge in [0.1, 0.15) is 17.3 Å². The molecule has 0 fully saturated rings. The molecule has 0 unspecified atom stereocenters. The predicted molar refractivity (Wildman–Crippen MR) is 82.0 cm³/mol. The number of ether oxygens (including phenoxy) is 1. The number of amides is 1. The van der Waals surface area contributed by atoms with Crippen molar-refractivity contribution >= 4 is 29.1 Å². The van der Waals surface area contributed by atoms with Crippen LogP contribution >= 0.6 is 23.2 Å². The van der Waals surface area contributed by atoms with Crippen molar-refractivity contribution in [3.8, 4) is 5.75 Å². The number of halogens is 2. The van der Waals surface area contributed by atoms with E-state index in [0.717, 1.165) is 17.1 Å². The Hall–Kier alpha value is -1.65. The summed E-state index contributed by atoms with van der Waals surface area (Å²) in [4.78, 5) is 11.8. The Balaban J connectivity index is 1.85. The summed E-state index contributed by atoms with van der Waals surface area (Å²) in [7, 11) is 0. The van der Waals surface area contributed by atoms with Crippen molar-refractivity contribution in [1.82, 2.24) is 5.32 Å². The van der Waals surface area contributed by atoms with E-state index in [2.05, 4.69) is 5.32 Å². The summed E-state index contributed by atoms with van der Waals surface area (Å²) in [5.74, 6) is 1.75. The van der Waals surface area contributed by atoms with Gasteiger partial charge in [-0.1, -0.05) is 23.2 Å². The first-order valence-electron chi connectivity index (χ1n) is 6.36. The van der Waals surface area contributed by atoms with Crippen LogP contribution < -0.4 is 10.1 Å². The standard InChI is InChI=1S/C15H15Cl2NO3/c1-9-5-11(10(2)21-9)7-18-15(19)8-20-14-6-12(16)3-4-13(14)17/h3-6H,7-8H2,1-2H3,(H,18,19). The molecular formula is C15H15Cl2NO3. The number of carbonyl (C=O) groups excluding carboxylic acids is 1. The number of nitrogens with one attached hydrogen (secondary N) is 1. The highest BCUT2D eigenvalue weighted by molar-refractivity contribution is 6.34. The van der Waals surface area contributed by atoms with Gasteiger partial charge in [0.15, 0.2) is 6.61 Å². The first kappa shape index (κ1) is 15.7. The predicted octanol–water partition coefficient (Wildman–Crippen LogP) is 3.90. The number of carbonyl (C=O) groups is 1. The third-order valence-corrected chi connectivity index (χ3v) is 3.42. The normalized spacial score (nSPS) is 10.5. The topological polar surface area (TPSA) is 51.5 Å². The molecular weight excluding hydrogens is 313 g/mol. The Bertz CT molecular complexity index is 652. The summed E-state index contributed by atoms with van der Waals surface area (Å²) in [5, 5.41) is 3.67. The van der Waals surface area contributed by atoms with Crippen LogP contribution in [0.5, 0.6) is 5.75 Å². The first-order chi connectivity index (χ1) is 9.95. The van der Waals surface area contributed by atoms with Crippen molar-refractivity contribution in [2.24, 2.45) is 0 Å². The average Bonchev–Trinajstić information content (AvgIpc) is 2.75. The molecule has 1 heterocycles. The maximum absolute atomic E-state index is 11.8. The number of hydrogen-bond donors (Lipinski definition) is 1. The maximum Gasteiger partial charge on any atom is 0.258 e. The zero-order valence-electron chi connectivity index (χ0n) is 11.7. The monoisotopic (exact) mass is 327 g/mol. The van der Waals surface area contributed by atoms with Crippen LogP contribution in [0.4, 0.5) is 0 Å². The van der Waals surface area contributed by atoms with Crippen molar-refractivity contribution in [2.45, 2.75) is 20.4 Å². The van der Waals surface area contributed by atoms with Gasteiger partial charge < -0.3 is 14.5 Å². The van der Waals surface area contributed by atoms with Crippen molar-refractivity contribution in [1.29, 1.82) is 0 Å². The number of furan rings is 1. The van der Waals surface area contributed by atoms with Gasteiger partial charge in [0.2, 0.25) is 0 Å². The molecule has 112 valence electrons. The van der Waals surface area contributed by atoms with Crippen LogP contribution in [0.25, 0.3) is 0 Å². The van der Waals surface area contributed by atoms with E-state index in [0.29, 0.717) is 22.3 Å². The molecule has 1 N–H and O–H groups in total. The molecule has 0 aliphatic rings. The average molecular weight is 328 g/mol. The second-order valence-corrected chi connectivity index (χ2v) is 5.42. The number of rotatable bonds is 5. The van der Waals surface area contributed by atoms with Crippen molar-refractivity contribution in [2.75, 3.05) is 6.61 Å². The molecule has 0 radical (unpaired) electrons. The summed E-state index contributed by atoms with van der Waals surface area (Å²) in [5.41, 5.74) is 0.946. The first-order valence-corrected chi connectivity index (χ1v) is 7.12. The van der Waals surface area contributed by atoms with E-state index in [1.54, 1.807) is 18.2 Å². The van der Waals surface area contributed by atoms with Gasteiger partial charge in [0.25, 0.3) is 5.91 Å². The van der Waals surface area contributed by atoms with Crippen LogP contribution in [-0.2, 0) is 11.3 Å². The Labute approximate surface area is 133 Å². The van der Waals surface area contributed by atoms with Gasteiger partial charge >= 0.3 is 0 Å². The molecule has 1 amide bonds. The van der Waals surface area contributed by atoms with Crippen LogP contribution in [0.1, 0.15) is 17.1 Å². The zero-order valence-corrected chi connectivity index (χ0v) is 13.2. The van der Waals surface area contributed by atoms with Crippen LogP contribution in [0, 0.1) is 13.8 Å². The molecule has 0 spiro atoms. The summed E-state index contributed by atoms with van der Waals surface area (Å²) in [6.07, 6.45) is 0. The smallest absolute Gasteiger partial charge is 0.258 e. The molecule has 0 bridgehead atoms. The van der Waals surface area contributed by atoms with Gasteiger partial charge in [-0.15, -0.1) is 0 Å². The Morgan fingerprint density at radius 3 is 2.71 bits per heavy atom. The third-order valence-electron chi connectivity index (χ3n) is 2.87. The highest BCUT2D eigenvalue weighted by Crippen LogP contribution is 2.27. The minimum Gasteiger partial charge on any atom is -0.482 e. The fraction of sp³-hybridized carbons (Fsp3) is 0.267. The highest BCUT2D eigenvalue weighted by Gasteiger charge is 2.09. The lowest BCUT2D eigenvalue weighted by molar-refractivity contribution is -0.123. The molecule has 0 atom stereocenters. The summed E-state index contributed by atoms with van der Waals surface area (Å²) >= 11 is 11.8. The molecule has 21 heavy (non-hydrogen) atoms. The minimum absolute atomic E-state index is 0.129. The van der Waals surface area contributed by atoms with Crippen LogP contribution in [0.3, 0.4) is 0 Å². The zero-order chi connectivity index (χ0) is 15.4. The van der Waals surface area contributed by atoms with E-state index in [1.807, 2.05) is 19.9 Å². The van der Waals surface area contributed by atoms with Gasteiger partial charge in [-0.3, -0.25) is 4.79 Å². The molecule has 0 saturated carbocycles. The second-order valence-electron chi connectivity index (χ2n) is 4.58. The molecule has 1 aromatic carbocycles. The Morgan fingerprint density at radius 2 is 2.05 bits per heavy atom. The van der Waals surface area contributed by atoms with Crippen LogP contribution in [-0.4, -0.2) is 12.5 Å². The number of benzene rings is 1. The van der Waals surface area contributed by atoms with Gasteiger partial charge in [0.05, 0.1) is 5.02 Å². The quantitative estimate of drug-likeness (QED) is 0.906. The molecule has 1 aromatic heterocycles. The van der Waals surface area contributed by atoms with E-state index in [9.17, 15) is 4.79 Å². The third kappa shape index (κ3) is 4.41. The highest BCUT2D eigenvalue weighted by atomic mass is 35.5. The summed E-state index contributed by atoms with van der Waals surface area (Å²) in [6, 6.07) is 6.74. The van der Waals surface area contributed by atoms with Crippen molar-refractivity contribution < 1.29 is 13.9 Å². The van der Waals surface area contributed by atoms with E-state index < -0.39 is 0 Å². The lowest BCUT2D eigenvalue weighted by atomic mass is 10.2. The lowest BCUT2D eigenvalue weighted by Crippen LogP contribution is -2.28. The largest absolute Gasteiger partial charge is 0.482 e. The molecule has 2 aromatic rings. The van der Waals surface area contributed by atoms with E-state index in [1.165, 1.54) is 0 Å². The summed E-state index contributed by atoms with van der Waals surface area (Å²) in [6.45, 7) is 3.99. The maximum atomic E-state index is 11.8. The number of hydrogen-bond acceptors (Lipinski definition) is 3. The fourth-order valence-corrected chi connectivity index (χ4v) is 2.17. The summed E-state index contributed by atoms with van der Waals surface area (Å²) < 4.78 is 10.7. The molecule has 0 aliphatic heterocycles. The molecule has 0 aliphatic carbocycles. The van der Waals surface area contributed by atoms with Crippen molar-refractivity contribution in [3.63, 3.8) is 0 Å². The lowest BCUT2D eigenvalue weighted by Gasteiger charge is -2.08. The molecule has 6 heteroatoms. The number of aryl methyl sites for hydroxylation is 2. The van der Waals surface area contributed by atoms with E-state index in [-0.39, 0.29) is 12.5 Å². The van der Waals surface area contributed by atoms with Crippen LogP contribution in [0.15, 0.2) is 28.7 Å². The Morgan fingerprint density at radius 1 is 1.29 bits per heavy atom. The molecule has 0 saturated heterocycles. The van der Waals surface area contributed by atoms with Gasteiger partial charge in [0, 0.05) is 23.2 Å². The minimum atomic E-state index is -0.246.